The van der Waals surface area contributed by atoms with E-state index >= 15 is 0 Å². The van der Waals surface area contributed by atoms with Crippen molar-refractivity contribution < 1.29 is 14.4 Å². The van der Waals surface area contributed by atoms with Gasteiger partial charge in [-0.25, -0.2) is 0 Å². The van der Waals surface area contributed by atoms with Gasteiger partial charge >= 0.3 is 7.60 Å². The fourth-order valence-electron chi connectivity index (χ4n) is 1.90. The number of aryl methyl sites for hydroxylation is 1. The van der Waals surface area contributed by atoms with Gasteiger partial charge in [0.2, 0.25) is 0 Å². The molecule has 4 heteroatoms. The van der Waals surface area contributed by atoms with E-state index in [2.05, 4.69) is 26.0 Å². The SMILES string of the molecule is Cc1ccccc1C(C)CCCP(=O)(O)O. The molecule has 0 saturated heterocycles. The Morgan fingerprint density at radius 1 is 1.31 bits per heavy atom. The molecule has 0 fully saturated rings. The summed E-state index contributed by atoms with van der Waals surface area (Å²) in [5, 5.41) is 0. The summed E-state index contributed by atoms with van der Waals surface area (Å²) < 4.78 is 10.7. The zero-order valence-corrected chi connectivity index (χ0v) is 10.7. The molecule has 90 valence electrons. The molecule has 1 aromatic rings. The second kappa shape index (κ2) is 5.62. The molecule has 2 N–H and O–H groups in total. The van der Waals surface area contributed by atoms with E-state index in [0.29, 0.717) is 12.3 Å². The normalized spacial score (nSPS) is 13.8. The summed E-state index contributed by atoms with van der Waals surface area (Å²) in [4.78, 5) is 17.5. The Bertz CT molecular complexity index is 384. The lowest BCUT2D eigenvalue weighted by Gasteiger charge is -2.14. The third-order valence-electron chi connectivity index (χ3n) is 2.81. The van der Waals surface area contributed by atoms with Crippen molar-refractivity contribution in [3.8, 4) is 0 Å². The first-order valence-corrected chi connectivity index (χ1v) is 7.30. The van der Waals surface area contributed by atoms with Crippen LogP contribution in [0.15, 0.2) is 24.3 Å². The van der Waals surface area contributed by atoms with Crippen LogP contribution < -0.4 is 0 Å². The summed E-state index contributed by atoms with van der Waals surface area (Å²) in [6.45, 7) is 4.16. The van der Waals surface area contributed by atoms with Crippen LogP contribution in [0.1, 0.15) is 36.8 Å². The Morgan fingerprint density at radius 2 is 1.94 bits per heavy atom. The zero-order chi connectivity index (χ0) is 12.2. The molecule has 1 rings (SSSR count). The van der Waals surface area contributed by atoms with Crippen molar-refractivity contribution in [2.45, 2.75) is 32.6 Å². The van der Waals surface area contributed by atoms with Gasteiger partial charge in [0.25, 0.3) is 0 Å². The highest BCUT2D eigenvalue weighted by Crippen LogP contribution is 2.36. The minimum atomic E-state index is -3.83. The zero-order valence-electron chi connectivity index (χ0n) is 9.76. The summed E-state index contributed by atoms with van der Waals surface area (Å²) in [5.74, 6) is 0.354. The van der Waals surface area contributed by atoms with Crippen LogP contribution in [-0.2, 0) is 4.57 Å². The molecular weight excluding hydrogens is 223 g/mol. The van der Waals surface area contributed by atoms with Gasteiger partial charge in [0.05, 0.1) is 0 Å². The van der Waals surface area contributed by atoms with Crippen LogP contribution in [0.2, 0.25) is 0 Å². The van der Waals surface area contributed by atoms with Crippen molar-refractivity contribution in [3.05, 3.63) is 35.4 Å². The van der Waals surface area contributed by atoms with E-state index in [9.17, 15) is 4.57 Å². The first kappa shape index (κ1) is 13.4. The summed E-state index contributed by atoms with van der Waals surface area (Å²) in [6.07, 6.45) is 1.37. The van der Waals surface area contributed by atoms with Gasteiger partial charge in [-0.1, -0.05) is 31.2 Å². The van der Waals surface area contributed by atoms with Crippen molar-refractivity contribution >= 4 is 7.60 Å². The highest BCUT2D eigenvalue weighted by atomic mass is 31.2. The van der Waals surface area contributed by atoms with Crippen LogP contribution in [-0.4, -0.2) is 15.9 Å². The lowest BCUT2D eigenvalue weighted by Crippen LogP contribution is -1.98. The van der Waals surface area contributed by atoms with Crippen molar-refractivity contribution in [2.75, 3.05) is 6.16 Å². The fraction of sp³-hybridized carbons (Fsp3) is 0.500. The van der Waals surface area contributed by atoms with Gasteiger partial charge < -0.3 is 9.79 Å². The number of benzene rings is 1. The monoisotopic (exact) mass is 242 g/mol. The van der Waals surface area contributed by atoms with E-state index in [1.165, 1.54) is 11.1 Å². The predicted octanol–water partition coefficient (Wildman–Crippen LogP) is 3.06. The van der Waals surface area contributed by atoms with Gasteiger partial charge in [-0.3, -0.25) is 4.57 Å². The van der Waals surface area contributed by atoms with E-state index in [1.54, 1.807) is 0 Å². The Labute approximate surface area is 96.7 Å². The maximum Gasteiger partial charge on any atom is 0.325 e. The fourth-order valence-corrected chi connectivity index (χ4v) is 2.49. The maximum atomic E-state index is 10.7. The lowest BCUT2D eigenvalue weighted by atomic mass is 9.93. The molecule has 0 radical (unpaired) electrons. The molecule has 0 aliphatic heterocycles. The van der Waals surface area contributed by atoms with Crippen molar-refractivity contribution in [1.29, 1.82) is 0 Å². The molecule has 0 aliphatic carbocycles. The second-order valence-corrected chi connectivity index (χ2v) is 6.06. The van der Waals surface area contributed by atoms with Crippen molar-refractivity contribution in [2.24, 2.45) is 0 Å². The Kier molecular flexibility index (Phi) is 4.72. The molecule has 0 saturated carbocycles. The minimum absolute atomic E-state index is 0.0107. The standard InChI is InChI=1S/C12H19O3P/c1-10-6-3-4-8-12(10)11(2)7-5-9-16(13,14)15/h3-4,6,8,11H,5,7,9H2,1-2H3,(H2,13,14,15). The van der Waals surface area contributed by atoms with Gasteiger partial charge in [0, 0.05) is 6.16 Å². The molecule has 0 bridgehead atoms. The van der Waals surface area contributed by atoms with Crippen LogP contribution in [0.3, 0.4) is 0 Å². The Morgan fingerprint density at radius 3 is 2.50 bits per heavy atom. The minimum Gasteiger partial charge on any atom is -0.324 e. The third-order valence-corrected chi connectivity index (χ3v) is 3.70. The molecule has 1 atom stereocenters. The van der Waals surface area contributed by atoms with Gasteiger partial charge in [0.1, 0.15) is 0 Å². The summed E-state index contributed by atoms with van der Waals surface area (Å²) in [5.41, 5.74) is 2.51. The van der Waals surface area contributed by atoms with Crippen molar-refractivity contribution in [1.82, 2.24) is 0 Å². The van der Waals surface area contributed by atoms with Crippen LogP contribution in [0.4, 0.5) is 0 Å². The van der Waals surface area contributed by atoms with Gasteiger partial charge in [0.15, 0.2) is 0 Å². The Balaban J connectivity index is 2.50. The van der Waals surface area contributed by atoms with E-state index < -0.39 is 7.60 Å². The van der Waals surface area contributed by atoms with E-state index in [-0.39, 0.29) is 6.16 Å². The molecule has 16 heavy (non-hydrogen) atoms. The van der Waals surface area contributed by atoms with Crippen molar-refractivity contribution in [3.63, 3.8) is 0 Å². The quantitative estimate of drug-likeness (QED) is 0.780. The molecule has 0 aliphatic rings. The highest BCUT2D eigenvalue weighted by Gasteiger charge is 2.14. The largest absolute Gasteiger partial charge is 0.325 e. The highest BCUT2D eigenvalue weighted by molar-refractivity contribution is 7.51. The van der Waals surface area contributed by atoms with Crippen LogP contribution in [0.25, 0.3) is 0 Å². The molecule has 0 spiro atoms. The molecule has 1 aromatic carbocycles. The van der Waals surface area contributed by atoms with Gasteiger partial charge in [-0.05, 0) is 36.8 Å². The summed E-state index contributed by atoms with van der Waals surface area (Å²) in [6, 6.07) is 8.15. The molecule has 1 unspecified atom stereocenters. The first-order chi connectivity index (χ1) is 7.40. The van der Waals surface area contributed by atoms with Crippen LogP contribution >= 0.6 is 7.60 Å². The number of hydrogen-bond acceptors (Lipinski definition) is 1. The topological polar surface area (TPSA) is 57.5 Å². The van der Waals surface area contributed by atoms with E-state index in [0.717, 1.165) is 6.42 Å². The smallest absolute Gasteiger partial charge is 0.324 e. The maximum absolute atomic E-state index is 10.7. The summed E-state index contributed by atoms with van der Waals surface area (Å²) >= 11 is 0. The first-order valence-electron chi connectivity index (χ1n) is 5.50. The van der Waals surface area contributed by atoms with Crippen LogP contribution in [0.5, 0.6) is 0 Å². The lowest BCUT2D eigenvalue weighted by molar-refractivity contribution is 0.370. The van der Waals surface area contributed by atoms with E-state index in [4.69, 9.17) is 9.79 Å². The molecule has 0 aromatic heterocycles. The molecule has 0 amide bonds. The van der Waals surface area contributed by atoms with Crippen LogP contribution in [0, 0.1) is 6.92 Å². The number of rotatable bonds is 5. The average Bonchev–Trinajstić information content (AvgIpc) is 2.16. The number of hydrogen-bond donors (Lipinski definition) is 2. The Hall–Kier alpha value is -0.630. The van der Waals surface area contributed by atoms with E-state index in [1.807, 2.05) is 12.1 Å². The molecule has 3 nitrogen and oxygen atoms in total. The molecular formula is C12H19O3P. The average molecular weight is 242 g/mol. The van der Waals surface area contributed by atoms with Gasteiger partial charge in [-0.15, -0.1) is 0 Å². The van der Waals surface area contributed by atoms with Gasteiger partial charge in [-0.2, -0.15) is 0 Å². The third kappa shape index (κ3) is 4.48. The second-order valence-electron chi connectivity index (χ2n) is 4.29. The predicted molar refractivity (Wildman–Crippen MR) is 65.7 cm³/mol. The molecule has 0 heterocycles. The summed E-state index contributed by atoms with van der Waals surface area (Å²) in [7, 11) is -3.83.